The molecule has 120 heavy (non-hydrogen) atoms. The van der Waals surface area contributed by atoms with Crippen molar-refractivity contribution in [3.8, 4) is 28.4 Å². The van der Waals surface area contributed by atoms with E-state index >= 15 is 0 Å². The zero-order valence-corrected chi connectivity index (χ0v) is 64.2. The molecule has 0 amide bonds. The van der Waals surface area contributed by atoms with Gasteiger partial charge in [-0.25, -0.2) is 34.2 Å². The summed E-state index contributed by atoms with van der Waals surface area (Å²) in [6, 6.07) is 75.0. The van der Waals surface area contributed by atoms with Gasteiger partial charge in [0, 0.05) is 78.7 Å². The molecule has 16 heterocycles. The van der Waals surface area contributed by atoms with E-state index in [4.69, 9.17) is 50.5 Å². The van der Waals surface area contributed by atoms with Crippen molar-refractivity contribution >= 4 is 171 Å². The van der Waals surface area contributed by atoms with Crippen molar-refractivity contribution in [3.63, 3.8) is 0 Å². The fourth-order valence-corrected chi connectivity index (χ4v) is 19.0. The maximum Gasteiger partial charge on any atom is 0.227 e. The molecule has 0 aliphatic carbocycles. The second-order valence-corrected chi connectivity index (χ2v) is 30.8. The second kappa shape index (κ2) is 25.5. The topological polar surface area (TPSA) is 144 Å². The molecule has 0 bridgehead atoms. The summed E-state index contributed by atoms with van der Waals surface area (Å²) in [5.74, 6) is 0. The summed E-state index contributed by atoms with van der Waals surface area (Å²) < 4.78 is 45.9. The van der Waals surface area contributed by atoms with Gasteiger partial charge in [0.15, 0.2) is 55.3 Å². The van der Waals surface area contributed by atoms with Gasteiger partial charge < -0.3 is 17.7 Å². The lowest BCUT2D eigenvalue weighted by Gasteiger charge is -2.05. The van der Waals surface area contributed by atoms with Crippen LogP contribution in [-0.2, 0) is 32.7 Å². The SMILES string of the molecule is [C-]#[N+]c1cccc2c[n+]3n(c12)-c1c(C)ccc(C)c1C3.[C-]#[N+]c1cccc2c[n+]3n(c12)-c1c(ccc2c1oc1ccccc12)C3.[C-]#[N+]c1cccc2c[n+]3n(c12)-c1c(ccc2c1oc1ncccc12)C3.[C-]#[N+]c1cccc2c[n+]3n(c12)-c1cc2oc4ccccc4c2cc1C3.[C-]#[N+]c1cccc2c[n+]3n(c12)-c1cc2oc4ncccc4c2cc1C3. The molecular weight excluding hydrogens is 1490 g/mol. The van der Waals surface area contributed by atoms with Gasteiger partial charge in [0.25, 0.3) is 0 Å². The van der Waals surface area contributed by atoms with Gasteiger partial charge in [-0.1, -0.05) is 109 Å². The fraction of sp³-hybridized carbons (Fsp3) is 0.0707. The van der Waals surface area contributed by atoms with Crippen molar-refractivity contribution in [1.29, 1.82) is 0 Å². The van der Waals surface area contributed by atoms with Crippen LogP contribution in [0.25, 0.3) is 195 Å². The number of pyridine rings is 2. The van der Waals surface area contributed by atoms with E-state index in [0.29, 0.717) is 34.2 Å². The molecule has 0 fully saturated rings. The Morgan fingerprint density at radius 1 is 0.292 bits per heavy atom. The summed E-state index contributed by atoms with van der Waals surface area (Å²) in [5, 5.41) is 14.2. The Hall–Kier alpha value is -17.1. The van der Waals surface area contributed by atoms with E-state index in [1.54, 1.807) is 12.4 Å². The molecule has 12 aromatic carbocycles. The maximum absolute atomic E-state index is 7.54. The normalized spacial score (nSPS) is 12.5. The fourth-order valence-electron chi connectivity index (χ4n) is 19.0. The molecule has 5 aliphatic rings. The average molecular weight is 1550 g/mol. The molecule has 11 aromatic heterocycles. The molecule has 0 atom stereocenters. The third-order valence-electron chi connectivity index (χ3n) is 24.2. The van der Waals surface area contributed by atoms with E-state index in [1.165, 1.54) is 44.6 Å². The zero-order chi connectivity index (χ0) is 80.0. The molecule has 0 radical (unpaired) electrons. The summed E-state index contributed by atoms with van der Waals surface area (Å²) in [6.07, 6.45) is 14.1. The number of furan rings is 4. The molecule has 560 valence electrons. The van der Waals surface area contributed by atoms with Crippen molar-refractivity contribution in [2.45, 2.75) is 46.6 Å². The molecule has 23 aromatic rings. The number of hydrogen-bond acceptors (Lipinski definition) is 6. The molecule has 21 nitrogen and oxygen atoms in total. The number of nitrogens with zero attached hydrogens (tertiary/aromatic N) is 17. The van der Waals surface area contributed by atoms with E-state index in [0.717, 1.165) is 192 Å². The number of rotatable bonds is 0. The Morgan fingerprint density at radius 2 is 0.658 bits per heavy atom. The Labute approximate surface area is 680 Å². The minimum Gasteiger partial charge on any atom is -0.456 e. The molecule has 5 aliphatic heterocycles. The second-order valence-electron chi connectivity index (χ2n) is 30.8. The Balaban J connectivity index is 0.0000000854. The number of aromatic nitrogens is 12. The quantitative estimate of drug-likeness (QED) is 0.109. The largest absolute Gasteiger partial charge is 0.456 e. The van der Waals surface area contributed by atoms with E-state index in [2.05, 4.69) is 217 Å². The molecule has 28 rings (SSSR count). The van der Waals surface area contributed by atoms with Crippen molar-refractivity contribution < 1.29 is 41.1 Å². The molecular formula is C99H60N17O4+5. The maximum atomic E-state index is 7.54. The van der Waals surface area contributed by atoms with Crippen LogP contribution in [0.2, 0.25) is 0 Å². The monoisotopic (exact) mass is 1550 g/mol. The summed E-state index contributed by atoms with van der Waals surface area (Å²) in [5.41, 5.74) is 29.0. The van der Waals surface area contributed by atoms with Crippen LogP contribution in [0.5, 0.6) is 0 Å². The zero-order valence-electron chi connectivity index (χ0n) is 64.2. The average Bonchev–Trinajstić information content (AvgIpc) is 1.55. The van der Waals surface area contributed by atoms with Gasteiger partial charge in [-0.15, -0.1) is 46.8 Å². The van der Waals surface area contributed by atoms with Gasteiger partial charge in [0.1, 0.15) is 67.0 Å². The van der Waals surface area contributed by atoms with Crippen molar-refractivity contribution in [1.82, 2.24) is 33.4 Å². The predicted octanol–water partition coefficient (Wildman–Crippen LogP) is 21.2. The first kappa shape index (κ1) is 67.4. The Kier molecular flexibility index (Phi) is 14.3. The van der Waals surface area contributed by atoms with Gasteiger partial charge in [-0.2, -0.15) is 0 Å². The van der Waals surface area contributed by atoms with Crippen molar-refractivity contribution in [3.05, 3.63) is 364 Å². The lowest BCUT2D eigenvalue weighted by atomic mass is 10.0. The summed E-state index contributed by atoms with van der Waals surface area (Å²) in [4.78, 5) is 27.2. The molecule has 0 unspecified atom stereocenters. The first-order valence-electron chi connectivity index (χ1n) is 39.2. The lowest BCUT2D eigenvalue weighted by Crippen LogP contribution is -2.36. The molecule has 21 heteroatoms. The van der Waals surface area contributed by atoms with Crippen molar-refractivity contribution in [2.24, 2.45) is 0 Å². The molecule has 0 spiro atoms. The third kappa shape index (κ3) is 9.73. The van der Waals surface area contributed by atoms with Crippen LogP contribution in [0.3, 0.4) is 0 Å². The van der Waals surface area contributed by atoms with Gasteiger partial charge in [-0.05, 0) is 128 Å². The molecule has 0 N–H and O–H groups in total. The standard InChI is InChI=1S/2C21H12N3O.2C20H11N4O.C17H14N3/c1-22-17-7-4-5-13-11-23-12-14-9-16-15-6-2-3-8-19(15)25-20(16)10-18(14)24(23)21(13)17;1-22-17-7-4-5-13-11-23-12-14-9-10-16-15-6-2-3-8-18(15)25-21(16)20(14)24(23)19(13)17;1-21-16-6-2-4-12-10-23-11-13-7-8-14-15-5-3-9-22-20(15)25-19(14)18(13)24(23)17(12)16;1-21-16-6-2-4-12-10-23-11-13-8-15-14-5-3-7-22-20(14)25-18(15)9-17(13)24(23)19(12)16;1-11-7-8-12(2)16-14(11)10-19-9-13-5-4-6-15(18-3)17(13)20(16)19/h2*2-11H,12H2;2*2-10H,11H2;4-9H,10H2,1-2H3/q5*+1. The van der Waals surface area contributed by atoms with Gasteiger partial charge >= 0.3 is 0 Å². The lowest BCUT2D eigenvalue weighted by molar-refractivity contribution is -0.749. The first-order valence-corrected chi connectivity index (χ1v) is 39.2. The van der Waals surface area contributed by atoms with Gasteiger partial charge in [0.2, 0.25) is 70.8 Å². The first-order chi connectivity index (χ1) is 59.1. The van der Waals surface area contributed by atoms with Gasteiger partial charge in [0.05, 0.1) is 76.5 Å². The van der Waals surface area contributed by atoms with Crippen LogP contribution >= 0.6 is 0 Å². The summed E-state index contributed by atoms with van der Waals surface area (Å²) >= 11 is 0. The predicted molar refractivity (Wildman–Crippen MR) is 458 cm³/mol. The number of hydrogen-bond donors (Lipinski definition) is 0. The minimum absolute atomic E-state index is 0.645. The smallest absolute Gasteiger partial charge is 0.227 e. The number of para-hydroxylation sites is 7. The number of aryl methyl sites for hydroxylation is 2. The highest BCUT2D eigenvalue weighted by molar-refractivity contribution is 6.11. The van der Waals surface area contributed by atoms with E-state index in [1.807, 2.05) is 133 Å². The third-order valence-corrected chi connectivity index (χ3v) is 24.2. The Bertz CT molecular complexity index is 8360. The highest BCUT2D eigenvalue weighted by atomic mass is 16.3. The summed E-state index contributed by atoms with van der Waals surface area (Å²) in [7, 11) is 0. The van der Waals surface area contributed by atoms with E-state index < -0.39 is 0 Å². The van der Waals surface area contributed by atoms with Crippen LogP contribution in [0.1, 0.15) is 38.9 Å². The van der Waals surface area contributed by atoms with Crippen LogP contribution in [0.15, 0.2) is 286 Å². The Morgan fingerprint density at radius 3 is 1.15 bits per heavy atom. The van der Waals surface area contributed by atoms with Crippen LogP contribution in [-0.4, -0.2) is 33.4 Å². The molecule has 0 saturated carbocycles. The van der Waals surface area contributed by atoms with Crippen LogP contribution in [0.4, 0.5) is 28.4 Å². The van der Waals surface area contributed by atoms with Gasteiger partial charge in [-0.3, -0.25) is 0 Å². The number of benzene rings is 12. The minimum atomic E-state index is 0.645. The highest BCUT2D eigenvalue weighted by Gasteiger charge is 2.38. The van der Waals surface area contributed by atoms with Crippen molar-refractivity contribution in [2.75, 3.05) is 0 Å². The van der Waals surface area contributed by atoms with E-state index in [9.17, 15) is 0 Å². The highest BCUT2D eigenvalue weighted by Crippen LogP contribution is 2.45. The van der Waals surface area contributed by atoms with Crippen LogP contribution in [0, 0.1) is 46.7 Å². The summed E-state index contributed by atoms with van der Waals surface area (Å²) in [6.45, 7) is 45.8. The van der Waals surface area contributed by atoms with E-state index in [-0.39, 0.29) is 0 Å². The molecule has 0 saturated heterocycles. The van der Waals surface area contributed by atoms with Crippen LogP contribution < -0.4 is 23.4 Å². The number of fused-ring (bicyclic) bond motifs is 39.